The molecule has 6 nitrogen and oxygen atoms in total. The van der Waals surface area contributed by atoms with Gasteiger partial charge in [-0.05, 0) is 36.4 Å². The highest BCUT2D eigenvalue weighted by Crippen LogP contribution is 2.27. The fourth-order valence-corrected chi connectivity index (χ4v) is 1.95. The van der Waals surface area contributed by atoms with Crippen LogP contribution in [0.3, 0.4) is 0 Å². The highest BCUT2D eigenvalue weighted by Gasteiger charge is 2.10. The number of methoxy groups -OCH3 is 2. The minimum absolute atomic E-state index is 0.239. The summed E-state index contributed by atoms with van der Waals surface area (Å²) in [7, 11) is 3.14. The Bertz CT molecular complexity index is 656. The van der Waals surface area contributed by atoms with E-state index >= 15 is 0 Å². The molecular weight excluding hydrogens is 296 g/mol. The molecule has 1 amide bonds. The number of hydrogen-bond acceptors (Lipinski definition) is 5. The molecule has 2 aromatic carbocycles. The third-order valence-corrected chi connectivity index (χ3v) is 3.15. The van der Waals surface area contributed by atoms with Crippen molar-refractivity contribution in [3.63, 3.8) is 0 Å². The van der Waals surface area contributed by atoms with Crippen molar-refractivity contribution < 1.29 is 19.0 Å². The number of nitrogens with one attached hydrogen (secondary N) is 1. The summed E-state index contributed by atoms with van der Waals surface area (Å²) < 4.78 is 15.6. The van der Waals surface area contributed by atoms with Crippen LogP contribution in [-0.4, -0.2) is 33.3 Å². The number of amides is 1. The summed E-state index contributed by atoms with van der Waals surface area (Å²) in [6.45, 7) is 0.976. The Morgan fingerprint density at radius 1 is 1.09 bits per heavy atom. The Morgan fingerprint density at radius 3 is 2.48 bits per heavy atom. The molecule has 3 N–H and O–H groups in total. The molecule has 0 aliphatic carbocycles. The second-order valence-electron chi connectivity index (χ2n) is 4.78. The predicted molar refractivity (Wildman–Crippen MR) is 89.2 cm³/mol. The van der Waals surface area contributed by atoms with E-state index in [1.165, 1.54) is 7.11 Å². The molecule has 0 saturated heterocycles. The summed E-state index contributed by atoms with van der Waals surface area (Å²) in [5.74, 6) is 0.957. The van der Waals surface area contributed by atoms with E-state index in [9.17, 15) is 4.79 Å². The van der Waals surface area contributed by atoms with Crippen molar-refractivity contribution in [2.45, 2.75) is 0 Å². The molecular formula is C17H20N2O4. The van der Waals surface area contributed by atoms with E-state index in [-0.39, 0.29) is 5.91 Å². The molecule has 2 aromatic rings. The zero-order valence-electron chi connectivity index (χ0n) is 13.2. The summed E-state index contributed by atoms with van der Waals surface area (Å²) in [6, 6.07) is 11.9. The third kappa shape index (κ3) is 4.62. The lowest BCUT2D eigenvalue weighted by molar-refractivity contribution is 0.102. The summed E-state index contributed by atoms with van der Waals surface area (Å²) in [4.78, 5) is 12.3. The topological polar surface area (TPSA) is 82.8 Å². The first kappa shape index (κ1) is 16.6. The Labute approximate surface area is 135 Å². The molecule has 0 heterocycles. The van der Waals surface area contributed by atoms with Gasteiger partial charge >= 0.3 is 0 Å². The molecule has 2 rings (SSSR count). The van der Waals surface area contributed by atoms with Crippen LogP contribution in [0.15, 0.2) is 42.5 Å². The number of carbonyl (C=O) groups is 1. The van der Waals surface area contributed by atoms with Gasteiger partial charge in [-0.2, -0.15) is 0 Å². The monoisotopic (exact) mass is 316 g/mol. The maximum absolute atomic E-state index is 12.3. The van der Waals surface area contributed by atoms with Gasteiger partial charge in [-0.1, -0.05) is 0 Å². The lowest BCUT2D eigenvalue weighted by atomic mass is 10.2. The van der Waals surface area contributed by atoms with Gasteiger partial charge in [0.25, 0.3) is 5.91 Å². The van der Waals surface area contributed by atoms with Crippen LogP contribution in [0.2, 0.25) is 0 Å². The Balaban J connectivity index is 2.03. The second kappa shape index (κ2) is 8.05. The smallest absolute Gasteiger partial charge is 0.255 e. The number of nitrogen functional groups attached to an aromatic ring is 1. The van der Waals surface area contributed by atoms with E-state index in [0.29, 0.717) is 41.7 Å². The van der Waals surface area contributed by atoms with Crippen molar-refractivity contribution in [3.8, 4) is 11.5 Å². The number of hydrogen-bond donors (Lipinski definition) is 2. The first-order valence-corrected chi connectivity index (χ1v) is 7.10. The van der Waals surface area contributed by atoms with Gasteiger partial charge in [0.05, 0.1) is 19.4 Å². The van der Waals surface area contributed by atoms with Gasteiger partial charge in [0, 0.05) is 24.4 Å². The van der Waals surface area contributed by atoms with Crippen LogP contribution in [0.25, 0.3) is 0 Å². The van der Waals surface area contributed by atoms with Crippen LogP contribution in [0.5, 0.6) is 11.5 Å². The number of carbonyl (C=O) groups excluding carboxylic acids is 1. The van der Waals surface area contributed by atoms with Crippen molar-refractivity contribution in [2.24, 2.45) is 0 Å². The van der Waals surface area contributed by atoms with E-state index in [4.69, 9.17) is 19.9 Å². The second-order valence-corrected chi connectivity index (χ2v) is 4.78. The molecule has 0 aliphatic rings. The standard InChI is InChI=1S/C17H20N2O4/c1-21-9-10-23-14-6-3-12(4-7-14)17(20)19-15-8-5-13(18)11-16(15)22-2/h3-8,11H,9-10,18H2,1-2H3,(H,19,20). The lowest BCUT2D eigenvalue weighted by Crippen LogP contribution is -2.13. The van der Waals surface area contributed by atoms with Crippen molar-refractivity contribution in [3.05, 3.63) is 48.0 Å². The van der Waals surface area contributed by atoms with Crippen LogP contribution >= 0.6 is 0 Å². The van der Waals surface area contributed by atoms with E-state index < -0.39 is 0 Å². The summed E-state index contributed by atoms with van der Waals surface area (Å²) in [5.41, 5.74) is 7.34. The lowest BCUT2D eigenvalue weighted by Gasteiger charge is -2.11. The van der Waals surface area contributed by atoms with E-state index in [1.807, 2.05) is 0 Å². The molecule has 0 radical (unpaired) electrons. The molecule has 0 atom stereocenters. The summed E-state index contributed by atoms with van der Waals surface area (Å²) in [6.07, 6.45) is 0. The number of benzene rings is 2. The summed E-state index contributed by atoms with van der Waals surface area (Å²) in [5, 5.41) is 2.80. The molecule has 0 fully saturated rings. The van der Waals surface area contributed by atoms with E-state index in [0.717, 1.165) is 0 Å². The number of anilines is 2. The molecule has 122 valence electrons. The molecule has 0 spiro atoms. The maximum atomic E-state index is 12.3. The molecule has 0 aliphatic heterocycles. The average Bonchev–Trinajstić information content (AvgIpc) is 2.57. The van der Waals surface area contributed by atoms with E-state index in [2.05, 4.69) is 5.32 Å². The molecule has 23 heavy (non-hydrogen) atoms. The Kier molecular flexibility index (Phi) is 5.82. The number of ether oxygens (including phenoxy) is 3. The van der Waals surface area contributed by atoms with Crippen LogP contribution in [0, 0.1) is 0 Å². The van der Waals surface area contributed by atoms with Crippen molar-refractivity contribution in [2.75, 3.05) is 38.5 Å². The minimum Gasteiger partial charge on any atom is -0.494 e. The van der Waals surface area contributed by atoms with Crippen molar-refractivity contribution >= 4 is 17.3 Å². The normalized spacial score (nSPS) is 10.2. The van der Waals surface area contributed by atoms with Gasteiger partial charge in [0.15, 0.2) is 0 Å². The first-order valence-electron chi connectivity index (χ1n) is 7.10. The molecule has 0 aromatic heterocycles. The largest absolute Gasteiger partial charge is 0.494 e. The van der Waals surface area contributed by atoms with Gasteiger partial charge in [0.1, 0.15) is 18.1 Å². The average molecular weight is 316 g/mol. The highest BCUT2D eigenvalue weighted by atomic mass is 16.5. The van der Waals surface area contributed by atoms with Crippen molar-refractivity contribution in [1.82, 2.24) is 0 Å². The first-order chi connectivity index (χ1) is 11.1. The van der Waals surface area contributed by atoms with Crippen LogP contribution in [-0.2, 0) is 4.74 Å². The zero-order valence-corrected chi connectivity index (χ0v) is 13.2. The highest BCUT2D eigenvalue weighted by molar-refractivity contribution is 6.05. The Hall–Kier alpha value is -2.73. The predicted octanol–water partition coefficient (Wildman–Crippen LogP) is 2.55. The van der Waals surface area contributed by atoms with Crippen LogP contribution in [0.4, 0.5) is 11.4 Å². The SMILES string of the molecule is COCCOc1ccc(C(=O)Nc2ccc(N)cc2OC)cc1. The Morgan fingerprint density at radius 2 is 1.83 bits per heavy atom. The third-order valence-electron chi connectivity index (χ3n) is 3.15. The zero-order chi connectivity index (χ0) is 16.7. The fourth-order valence-electron chi connectivity index (χ4n) is 1.95. The van der Waals surface area contributed by atoms with E-state index in [1.54, 1.807) is 49.6 Å². The molecule has 0 unspecified atom stereocenters. The van der Waals surface area contributed by atoms with Gasteiger partial charge in [0.2, 0.25) is 0 Å². The van der Waals surface area contributed by atoms with Gasteiger partial charge in [-0.25, -0.2) is 0 Å². The maximum Gasteiger partial charge on any atom is 0.255 e. The van der Waals surface area contributed by atoms with Gasteiger partial charge in [-0.15, -0.1) is 0 Å². The number of rotatable bonds is 7. The molecule has 6 heteroatoms. The quantitative estimate of drug-likeness (QED) is 0.606. The van der Waals surface area contributed by atoms with Gasteiger partial charge < -0.3 is 25.3 Å². The van der Waals surface area contributed by atoms with Crippen LogP contribution in [0.1, 0.15) is 10.4 Å². The van der Waals surface area contributed by atoms with Crippen molar-refractivity contribution in [1.29, 1.82) is 0 Å². The number of nitrogens with two attached hydrogens (primary N) is 1. The summed E-state index contributed by atoms with van der Waals surface area (Å²) >= 11 is 0. The minimum atomic E-state index is -0.239. The van der Waals surface area contributed by atoms with Crippen LogP contribution < -0.4 is 20.5 Å². The molecule has 0 bridgehead atoms. The fraction of sp³-hybridized carbons (Fsp3) is 0.235. The molecule has 0 saturated carbocycles. The van der Waals surface area contributed by atoms with Gasteiger partial charge in [-0.3, -0.25) is 4.79 Å².